The zero-order valence-corrected chi connectivity index (χ0v) is 16.9. The van der Waals surface area contributed by atoms with Crippen LogP contribution in [0.3, 0.4) is 0 Å². The van der Waals surface area contributed by atoms with E-state index < -0.39 is 0 Å². The number of rotatable bonds is 7. The van der Waals surface area contributed by atoms with Crippen LogP contribution in [0, 0.1) is 0 Å². The zero-order valence-electron chi connectivity index (χ0n) is 15.3. The molecular formula is C20H23BrN3O3+. The number of carbonyl (C=O) groups excluding carboxylic acids is 2. The smallest absolute Gasteiger partial charge is 0.409 e. The van der Waals surface area contributed by atoms with Crippen LogP contribution in [0.4, 0.5) is 10.5 Å². The van der Waals surface area contributed by atoms with Crippen LogP contribution in [-0.4, -0.2) is 36.6 Å². The van der Waals surface area contributed by atoms with Gasteiger partial charge in [-0.3, -0.25) is 4.79 Å². The van der Waals surface area contributed by atoms with Gasteiger partial charge in [0.2, 0.25) is 0 Å². The van der Waals surface area contributed by atoms with Crippen molar-refractivity contribution in [2.75, 3.05) is 25.0 Å². The number of pyridine rings is 1. The summed E-state index contributed by atoms with van der Waals surface area (Å²) in [7, 11) is 0. The maximum Gasteiger partial charge on any atom is 0.409 e. The quantitative estimate of drug-likeness (QED) is 0.681. The van der Waals surface area contributed by atoms with Crippen LogP contribution in [0.1, 0.15) is 29.3 Å². The molecule has 2 heterocycles. The Morgan fingerprint density at radius 2 is 2.07 bits per heavy atom. The fraction of sp³-hybridized carbons (Fsp3) is 0.350. The van der Waals surface area contributed by atoms with Gasteiger partial charge in [-0.2, -0.15) is 0 Å². The maximum absolute atomic E-state index is 12.5. The molecule has 1 aliphatic rings. The molecule has 0 unspecified atom stereocenters. The Hall–Kier alpha value is -2.41. The molecule has 6 nitrogen and oxygen atoms in total. The Labute approximate surface area is 167 Å². The monoisotopic (exact) mass is 432 g/mol. The third kappa shape index (κ3) is 5.29. The van der Waals surface area contributed by atoms with E-state index in [1.54, 1.807) is 4.90 Å². The third-order valence-corrected chi connectivity index (χ3v) is 4.79. The van der Waals surface area contributed by atoms with Crippen LogP contribution < -0.4 is 9.88 Å². The minimum absolute atomic E-state index is 0.145. The van der Waals surface area contributed by atoms with Gasteiger partial charge in [0.15, 0.2) is 12.4 Å². The molecule has 0 bridgehead atoms. The molecule has 142 valence electrons. The molecule has 7 heteroatoms. The standard InChI is InChI=1S/C20H22BrN3O3/c1-2-8-23-13-16(12-17(21)14-23)19(25)22-18-5-3-15(4-6-18)7-9-24-10-11-27-20(24)26/h3-6,12-14H,2,7-11H2,1H3/p+1. The molecule has 3 rings (SSSR count). The van der Waals surface area contributed by atoms with Crippen molar-refractivity contribution in [2.45, 2.75) is 26.3 Å². The van der Waals surface area contributed by atoms with E-state index in [9.17, 15) is 9.59 Å². The van der Waals surface area contributed by atoms with Crippen molar-refractivity contribution in [1.82, 2.24) is 4.90 Å². The molecule has 0 atom stereocenters. The number of cyclic esters (lactones) is 1. The molecule has 1 saturated heterocycles. The van der Waals surface area contributed by atoms with Crippen LogP contribution in [0.5, 0.6) is 0 Å². The second-order valence-corrected chi connectivity index (χ2v) is 7.40. The van der Waals surface area contributed by atoms with E-state index >= 15 is 0 Å². The van der Waals surface area contributed by atoms with E-state index in [1.165, 1.54) is 0 Å². The van der Waals surface area contributed by atoms with Gasteiger partial charge < -0.3 is 15.0 Å². The molecule has 0 aliphatic carbocycles. The first kappa shape index (κ1) is 19.4. The second kappa shape index (κ2) is 8.99. The first-order valence-electron chi connectivity index (χ1n) is 9.07. The second-order valence-electron chi connectivity index (χ2n) is 6.48. The normalized spacial score (nSPS) is 13.6. The SMILES string of the molecule is CCC[n+]1cc(Br)cc(C(=O)Nc2ccc(CCN3CCOC3=O)cc2)c1. The summed E-state index contributed by atoms with van der Waals surface area (Å²) in [6.45, 7) is 4.72. The van der Waals surface area contributed by atoms with Crippen LogP contribution in [0.25, 0.3) is 0 Å². The number of hydrogen-bond acceptors (Lipinski definition) is 3. The highest BCUT2D eigenvalue weighted by molar-refractivity contribution is 9.10. The average molecular weight is 433 g/mol. The number of benzene rings is 1. The topological polar surface area (TPSA) is 62.5 Å². The van der Waals surface area contributed by atoms with Gasteiger partial charge in [-0.05, 0) is 46.1 Å². The fourth-order valence-corrected chi connectivity index (χ4v) is 3.47. The average Bonchev–Trinajstić information content (AvgIpc) is 3.06. The van der Waals surface area contributed by atoms with Crippen LogP contribution in [0.15, 0.2) is 47.2 Å². The molecule has 2 amide bonds. The lowest BCUT2D eigenvalue weighted by molar-refractivity contribution is -0.697. The fourth-order valence-electron chi connectivity index (χ4n) is 2.96. The van der Waals surface area contributed by atoms with Crippen molar-refractivity contribution in [3.05, 3.63) is 58.3 Å². The molecule has 1 aromatic carbocycles. The molecule has 0 saturated carbocycles. The molecular weight excluding hydrogens is 410 g/mol. The largest absolute Gasteiger partial charge is 0.448 e. The summed E-state index contributed by atoms with van der Waals surface area (Å²) in [5, 5.41) is 2.93. The van der Waals surface area contributed by atoms with Gasteiger partial charge in [-0.15, -0.1) is 0 Å². The summed E-state index contributed by atoms with van der Waals surface area (Å²) < 4.78 is 7.81. The lowest BCUT2D eigenvalue weighted by Gasteiger charge is -2.12. The highest BCUT2D eigenvalue weighted by atomic mass is 79.9. The van der Waals surface area contributed by atoms with E-state index in [4.69, 9.17) is 4.74 Å². The molecule has 1 aromatic heterocycles. The van der Waals surface area contributed by atoms with E-state index in [0.29, 0.717) is 25.3 Å². The minimum atomic E-state index is -0.242. The summed E-state index contributed by atoms with van der Waals surface area (Å²) in [6, 6.07) is 9.51. The lowest BCUT2D eigenvalue weighted by atomic mass is 10.1. The number of aryl methyl sites for hydroxylation is 1. The highest BCUT2D eigenvalue weighted by Crippen LogP contribution is 2.14. The number of amides is 2. The zero-order chi connectivity index (χ0) is 19.2. The van der Waals surface area contributed by atoms with Crippen molar-refractivity contribution in [3.8, 4) is 0 Å². The number of halogens is 1. The first-order valence-corrected chi connectivity index (χ1v) is 9.86. The van der Waals surface area contributed by atoms with Crippen molar-refractivity contribution in [2.24, 2.45) is 0 Å². The molecule has 27 heavy (non-hydrogen) atoms. The summed E-state index contributed by atoms with van der Waals surface area (Å²) in [4.78, 5) is 25.7. The summed E-state index contributed by atoms with van der Waals surface area (Å²) in [5.74, 6) is -0.145. The molecule has 0 radical (unpaired) electrons. The van der Waals surface area contributed by atoms with E-state index in [0.717, 1.165) is 35.1 Å². The lowest BCUT2D eigenvalue weighted by Crippen LogP contribution is -2.34. The first-order chi connectivity index (χ1) is 13.0. The van der Waals surface area contributed by atoms with Crippen LogP contribution in [0.2, 0.25) is 0 Å². The van der Waals surface area contributed by atoms with Gasteiger partial charge in [0, 0.05) is 18.7 Å². The van der Waals surface area contributed by atoms with Crippen LogP contribution >= 0.6 is 15.9 Å². The van der Waals surface area contributed by atoms with Crippen molar-refractivity contribution in [1.29, 1.82) is 0 Å². The van der Waals surface area contributed by atoms with E-state index in [1.807, 2.05) is 47.3 Å². The Bertz CT molecular complexity index is 824. The van der Waals surface area contributed by atoms with Gasteiger partial charge in [0.25, 0.3) is 5.91 Å². The number of carbonyl (C=O) groups is 2. The molecule has 0 spiro atoms. The van der Waals surface area contributed by atoms with E-state index in [-0.39, 0.29) is 12.0 Å². The molecule has 2 aromatic rings. The Balaban J connectivity index is 1.59. The molecule has 1 aliphatic heterocycles. The number of ether oxygens (including phenoxy) is 1. The predicted octanol–water partition coefficient (Wildman–Crippen LogP) is 3.39. The van der Waals surface area contributed by atoms with Gasteiger partial charge in [-0.25, -0.2) is 9.36 Å². The Morgan fingerprint density at radius 3 is 2.74 bits per heavy atom. The van der Waals surface area contributed by atoms with Gasteiger partial charge in [0.1, 0.15) is 18.7 Å². The summed E-state index contributed by atoms with van der Waals surface area (Å²) in [5.41, 5.74) is 2.46. The number of hydrogen-bond donors (Lipinski definition) is 1. The van der Waals surface area contributed by atoms with E-state index in [2.05, 4.69) is 28.2 Å². The number of nitrogens with zero attached hydrogens (tertiary/aromatic N) is 2. The summed E-state index contributed by atoms with van der Waals surface area (Å²) in [6.07, 6.45) is 5.33. The Morgan fingerprint density at radius 1 is 1.30 bits per heavy atom. The van der Waals surface area contributed by atoms with Crippen molar-refractivity contribution >= 4 is 33.6 Å². The molecule has 1 N–H and O–H groups in total. The number of aromatic nitrogens is 1. The minimum Gasteiger partial charge on any atom is -0.448 e. The van der Waals surface area contributed by atoms with Gasteiger partial charge in [-0.1, -0.05) is 19.1 Å². The maximum atomic E-state index is 12.5. The molecule has 1 fully saturated rings. The third-order valence-electron chi connectivity index (χ3n) is 4.36. The summed E-state index contributed by atoms with van der Waals surface area (Å²) >= 11 is 3.46. The number of nitrogens with one attached hydrogen (secondary N) is 1. The van der Waals surface area contributed by atoms with Crippen molar-refractivity contribution < 1.29 is 18.9 Å². The van der Waals surface area contributed by atoms with Gasteiger partial charge in [0.05, 0.1) is 11.0 Å². The highest BCUT2D eigenvalue weighted by Gasteiger charge is 2.21. The predicted molar refractivity (Wildman–Crippen MR) is 106 cm³/mol. The number of anilines is 1. The Kier molecular flexibility index (Phi) is 6.45. The van der Waals surface area contributed by atoms with Crippen LogP contribution in [-0.2, 0) is 17.7 Å². The van der Waals surface area contributed by atoms with Gasteiger partial charge >= 0.3 is 6.09 Å². The van der Waals surface area contributed by atoms with Crippen molar-refractivity contribution in [3.63, 3.8) is 0 Å².